The molecule has 0 atom stereocenters. The molecule has 7 nitrogen and oxygen atoms in total. The van der Waals surface area contributed by atoms with Crippen LogP contribution < -0.4 is 4.74 Å². The van der Waals surface area contributed by atoms with Gasteiger partial charge in [0.15, 0.2) is 0 Å². The van der Waals surface area contributed by atoms with Crippen LogP contribution in [0.3, 0.4) is 0 Å². The van der Waals surface area contributed by atoms with Crippen molar-refractivity contribution in [1.82, 2.24) is 9.80 Å². The summed E-state index contributed by atoms with van der Waals surface area (Å²) in [5.74, 6) is -1.40. The Kier molecular flexibility index (Phi) is 10.8. The number of nitrogens with zero attached hydrogens (tertiary/aromatic N) is 2. The first kappa shape index (κ1) is 35.4. The maximum absolute atomic E-state index is 13.7. The van der Waals surface area contributed by atoms with Crippen molar-refractivity contribution < 1.29 is 50.5 Å². The number of carbonyl (C=O) groups excluding carboxylic acids is 1. The average Bonchev–Trinajstić information content (AvgIpc) is 3.31. The molecule has 2 fully saturated rings. The summed E-state index contributed by atoms with van der Waals surface area (Å²) in [6, 6.07) is 11.9. The van der Waals surface area contributed by atoms with E-state index in [1.165, 1.54) is 35.2 Å². The Morgan fingerprint density at radius 3 is 2.19 bits per heavy atom. The number of morpholine rings is 1. The van der Waals surface area contributed by atoms with Crippen LogP contribution >= 0.6 is 24.0 Å². The number of rotatable bonds is 10. The van der Waals surface area contributed by atoms with E-state index in [1.54, 1.807) is 18.2 Å². The topological polar surface area (TPSA) is 79.3 Å². The van der Waals surface area contributed by atoms with Crippen molar-refractivity contribution in [3.63, 3.8) is 0 Å². The summed E-state index contributed by atoms with van der Waals surface area (Å²) < 4.78 is 94.0. The Morgan fingerprint density at radius 1 is 0.938 bits per heavy atom. The van der Waals surface area contributed by atoms with E-state index in [9.17, 15) is 35.9 Å². The first-order chi connectivity index (χ1) is 22.7. The second kappa shape index (κ2) is 14.7. The lowest BCUT2D eigenvalue weighted by Crippen LogP contribution is -2.38. The number of carboxylic acid groups (broad SMARTS) is 1. The molecule has 0 saturated carbocycles. The van der Waals surface area contributed by atoms with Crippen LogP contribution in [0.4, 0.5) is 26.3 Å². The first-order valence-electron chi connectivity index (χ1n) is 14.6. The second-order valence-electron chi connectivity index (χ2n) is 10.9. The maximum atomic E-state index is 13.7. The zero-order chi connectivity index (χ0) is 34.6. The third-order valence-corrected chi connectivity index (χ3v) is 9.05. The fraction of sp³-hybridized carbons (Fsp3) is 0.303. The van der Waals surface area contributed by atoms with Gasteiger partial charge in [0.05, 0.1) is 34.8 Å². The van der Waals surface area contributed by atoms with Gasteiger partial charge >= 0.3 is 18.3 Å². The molecule has 0 aliphatic carbocycles. The number of thiocarbonyl (C=S) groups is 1. The molecule has 0 unspecified atom stereocenters. The molecule has 2 aliphatic heterocycles. The van der Waals surface area contributed by atoms with Crippen LogP contribution in [0.5, 0.6) is 5.75 Å². The monoisotopic (exact) mass is 710 g/mol. The van der Waals surface area contributed by atoms with Crippen molar-refractivity contribution in [2.75, 3.05) is 46.0 Å². The van der Waals surface area contributed by atoms with Crippen LogP contribution in [0, 0.1) is 0 Å². The summed E-state index contributed by atoms with van der Waals surface area (Å²) in [6.07, 6.45) is -8.23. The highest BCUT2D eigenvalue weighted by molar-refractivity contribution is 8.26. The van der Waals surface area contributed by atoms with E-state index >= 15 is 0 Å². The molecule has 254 valence electrons. The molecule has 3 aromatic carbocycles. The molecule has 0 bridgehead atoms. The lowest BCUT2D eigenvalue weighted by Gasteiger charge is -2.26. The van der Waals surface area contributed by atoms with Gasteiger partial charge in [-0.15, -0.1) is 0 Å². The van der Waals surface area contributed by atoms with E-state index < -0.39 is 35.4 Å². The number of halogens is 6. The Labute approximate surface area is 281 Å². The van der Waals surface area contributed by atoms with Crippen LogP contribution in [-0.4, -0.2) is 77.1 Å². The van der Waals surface area contributed by atoms with Crippen molar-refractivity contribution >= 4 is 46.3 Å². The van der Waals surface area contributed by atoms with Gasteiger partial charge < -0.3 is 14.6 Å². The highest BCUT2D eigenvalue weighted by Crippen LogP contribution is 2.41. The van der Waals surface area contributed by atoms with Gasteiger partial charge in [0.2, 0.25) is 0 Å². The molecule has 3 aromatic rings. The quantitative estimate of drug-likeness (QED) is 0.134. The molecule has 0 aromatic heterocycles. The van der Waals surface area contributed by atoms with Crippen LogP contribution in [-0.2, 0) is 28.3 Å². The van der Waals surface area contributed by atoms with Gasteiger partial charge in [-0.05, 0) is 71.7 Å². The van der Waals surface area contributed by atoms with Crippen molar-refractivity contribution in [3.8, 4) is 16.9 Å². The minimum Gasteiger partial charge on any atom is -0.492 e. The maximum Gasteiger partial charge on any atom is 0.416 e. The van der Waals surface area contributed by atoms with Crippen LogP contribution in [0.1, 0.15) is 32.6 Å². The molecule has 2 aliphatic rings. The van der Waals surface area contributed by atoms with E-state index in [4.69, 9.17) is 26.8 Å². The van der Waals surface area contributed by atoms with Gasteiger partial charge in [0, 0.05) is 31.7 Å². The van der Waals surface area contributed by atoms with Crippen molar-refractivity contribution in [2.45, 2.75) is 18.8 Å². The van der Waals surface area contributed by atoms with Crippen LogP contribution in [0.15, 0.2) is 65.6 Å². The van der Waals surface area contributed by atoms with Crippen molar-refractivity contribution in [2.24, 2.45) is 0 Å². The molecule has 2 heterocycles. The number of thioether (sulfide) groups is 1. The number of carboxylic acids is 1. The minimum atomic E-state index is -5.04. The number of hydrogen-bond acceptors (Lipinski definition) is 7. The SMILES string of the molecule is O=C(O)c1ccc(CCN2C(=O)C(=Cc3ccc(OCCN4CCOCC4)c(-c4cc(C(F)(F)F)cc(C(F)(F)F)c4)c3)SC2=S)cc1. The fourth-order valence-corrected chi connectivity index (χ4v) is 6.42. The van der Waals surface area contributed by atoms with Crippen LogP contribution in [0.25, 0.3) is 17.2 Å². The molecule has 15 heteroatoms. The van der Waals surface area contributed by atoms with Crippen molar-refractivity contribution in [1.29, 1.82) is 0 Å². The highest BCUT2D eigenvalue weighted by atomic mass is 32.2. The lowest BCUT2D eigenvalue weighted by molar-refractivity contribution is -0.143. The third kappa shape index (κ3) is 8.75. The largest absolute Gasteiger partial charge is 0.492 e. The fourth-order valence-electron chi connectivity index (χ4n) is 5.11. The molecule has 0 spiro atoms. The van der Waals surface area contributed by atoms with E-state index in [0.717, 1.165) is 17.3 Å². The van der Waals surface area contributed by atoms with Gasteiger partial charge in [-0.25, -0.2) is 4.79 Å². The summed E-state index contributed by atoms with van der Waals surface area (Å²) >= 11 is 6.42. The summed E-state index contributed by atoms with van der Waals surface area (Å²) in [7, 11) is 0. The predicted molar refractivity (Wildman–Crippen MR) is 172 cm³/mol. The smallest absolute Gasteiger partial charge is 0.416 e. The average molecular weight is 711 g/mol. The zero-order valence-electron chi connectivity index (χ0n) is 25.1. The molecule has 2 saturated heterocycles. The van der Waals surface area contributed by atoms with Crippen molar-refractivity contribution in [3.05, 3.63) is 93.4 Å². The third-order valence-electron chi connectivity index (χ3n) is 7.67. The lowest BCUT2D eigenvalue weighted by atomic mass is 9.96. The van der Waals surface area contributed by atoms with Gasteiger partial charge in [-0.3, -0.25) is 14.6 Å². The Hall–Kier alpha value is -3.92. The predicted octanol–water partition coefficient (Wildman–Crippen LogP) is 7.24. The minimum absolute atomic E-state index is 0.0115. The van der Waals surface area contributed by atoms with Gasteiger partial charge in [-0.1, -0.05) is 42.2 Å². The zero-order valence-corrected chi connectivity index (χ0v) is 26.7. The number of ether oxygens (including phenoxy) is 2. The summed E-state index contributed by atoms with van der Waals surface area (Å²) in [5, 5.41) is 9.09. The molecule has 5 rings (SSSR count). The molecule has 1 amide bonds. The van der Waals surface area contributed by atoms with Crippen LogP contribution in [0.2, 0.25) is 0 Å². The molecular weight excluding hydrogens is 682 g/mol. The van der Waals surface area contributed by atoms with Gasteiger partial charge in [0.25, 0.3) is 5.91 Å². The Morgan fingerprint density at radius 2 is 1.58 bits per heavy atom. The second-order valence-corrected chi connectivity index (χ2v) is 12.6. The summed E-state index contributed by atoms with van der Waals surface area (Å²) in [4.78, 5) is 28.1. The standard InChI is InChI=1S/C33H28F6N2O5S2/c34-32(35,36)24-17-23(18-25(19-24)33(37,38)39)26-15-21(3-6-27(26)46-14-11-40-9-12-45-13-10-40)16-28-29(42)41(31(47)48-28)8-7-20-1-4-22(5-2-20)30(43)44/h1-6,15-19H,7-14H2,(H,43,44). The van der Waals surface area contributed by atoms with E-state index in [0.29, 0.717) is 57.0 Å². The highest BCUT2D eigenvalue weighted by Gasteiger charge is 2.37. The number of carbonyl (C=O) groups is 2. The first-order valence-corrected chi connectivity index (χ1v) is 15.9. The molecule has 0 radical (unpaired) electrons. The van der Waals surface area contributed by atoms with Gasteiger partial charge in [-0.2, -0.15) is 26.3 Å². The molecule has 48 heavy (non-hydrogen) atoms. The summed E-state index contributed by atoms with van der Waals surface area (Å²) in [5.41, 5.74) is -2.05. The number of alkyl halides is 6. The normalized spacial score (nSPS) is 17.0. The van der Waals surface area contributed by atoms with E-state index in [1.807, 2.05) is 0 Å². The Balaban J connectivity index is 1.43. The number of benzene rings is 3. The summed E-state index contributed by atoms with van der Waals surface area (Å²) in [6.45, 7) is 3.19. The number of hydrogen-bond donors (Lipinski definition) is 1. The molecule has 1 N–H and O–H groups in total. The Bertz CT molecular complexity index is 1690. The van der Waals surface area contributed by atoms with E-state index in [2.05, 4.69) is 4.90 Å². The van der Waals surface area contributed by atoms with E-state index in [-0.39, 0.29) is 50.9 Å². The van der Waals surface area contributed by atoms with Gasteiger partial charge in [0.1, 0.15) is 16.7 Å². The number of aromatic carboxylic acids is 1. The number of amides is 1. The molecular formula is C33H28F6N2O5S2.